The lowest BCUT2D eigenvalue weighted by molar-refractivity contribution is 0.670. The topological polar surface area (TPSA) is 21.3 Å². The van der Waals surface area contributed by atoms with Crippen molar-refractivity contribution in [3.63, 3.8) is 0 Å². The van der Waals surface area contributed by atoms with Gasteiger partial charge < -0.3 is 13.9 Å². The molecule has 0 N–H and O–H groups in total. The summed E-state index contributed by atoms with van der Waals surface area (Å²) < 4.78 is 14.1. The number of fused-ring (bicyclic) bond motifs is 12. The Bertz CT molecular complexity index is 4170. The average Bonchev–Trinajstić information content (AvgIpc) is 4.14. The first kappa shape index (κ1) is 36.5. The molecule has 4 aromatic heterocycles. The lowest BCUT2D eigenvalue weighted by atomic mass is 9.98. The van der Waals surface area contributed by atoms with Crippen LogP contribution in [0.1, 0.15) is 0 Å². The summed E-state index contributed by atoms with van der Waals surface area (Å²) >= 11 is 3.75. The van der Waals surface area contributed by atoms with Crippen LogP contribution in [-0.2, 0) is 0 Å². The van der Waals surface area contributed by atoms with Crippen LogP contribution >= 0.6 is 22.7 Å². The standard InChI is InChI=1S/C60H36N2OS2/c1-6-27-50-43(19-1)44-20-2-7-28-51(44)61(50)39-17-12-16-38(36-39)42-33-34-52(57-49-23-5-10-32-56(49)65-60(42)57)62(53-29-14-26-48-46-22-4-9-31-55(46)64-59(48)53)40-18-11-15-37(35-40)41-24-13-25-47-45-21-3-8-30-54(45)63-58(41)47/h1-36H. The van der Waals surface area contributed by atoms with Crippen molar-refractivity contribution in [1.82, 2.24) is 4.57 Å². The second-order valence-corrected chi connectivity index (χ2v) is 18.9. The molecule has 0 radical (unpaired) electrons. The van der Waals surface area contributed by atoms with E-state index in [1.807, 2.05) is 28.7 Å². The normalized spacial score (nSPS) is 12.0. The van der Waals surface area contributed by atoms with Crippen molar-refractivity contribution in [2.75, 3.05) is 4.90 Å². The molecule has 3 nitrogen and oxygen atoms in total. The second kappa shape index (κ2) is 14.3. The van der Waals surface area contributed by atoms with Crippen LogP contribution in [0.2, 0.25) is 0 Å². The van der Waals surface area contributed by atoms with E-state index in [1.54, 1.807) is 0 Å². The van der Waals surface area contributed by atoms with Gasteiger partial charge in [-0.3, -0.25) is 0 Å². The summed E-state index contributed by atoms with van der Waals surface area (Å²) in [4.78, 5) is 2.51. The highest BCUT2D eigenvalue weighted by atomic mass is 32.1. The number of aromatic nitrogens is 1. The van der Waals surface area contributed by atoms with Gasteiger partial charge in [-0.2, -0.15) is 0 Å². The Morgan fingerprint density at radius 1 is 0.385 bits per heavy atom. The van der Waals surface area contributed by atoms with Crippen molar-refractivity contribution >= 4 is 124 Å². The van der Waals surface area contributed by atoms with Crippen molar-refractivity contribution in [3.05, 3.63) is 218 Å². The van der Waals surface area contributed by atoms with Crippen molar-refractivity contribution in [3.8, 4) is 27.9 Å². The fraction of sp³-hybridized carbons (Fsp3) is 0. The van der Waals surface area contributed by atoms with Crippen LogP contribution in [0.4, 0.5) is 17.1 Å². The molecule has 0 unspecified atom stereocenters. The molecule has 0 aliphatic heterocycles. The third-order valence-electron chi connectivity index (χ3n) is 13.2. The van der Waals surface area contributed by atoms with E-state index in [2.05, 4.69) is 222 Å². The summed E-state index contributed by atoms with van der Waals surface area (Å²) in [5.41, 5.74) is 13.3. The van der Waals surface area contributed by atoms with Gasteiger partial charge in [0.2, 0.25) is 0 Å². The summed E-state index contributed by atoms with van der Waals surface area (Å²) in [6, 6.07) is 79.7. The molecule has 0 spiro atoms. The number of benzene rings is 10. The minimum atomic E-state index is 0.900. The lowest BCUT2D eigenvalue weighted by Gasteiger charge is -2.28. The molecule has 0 fully saturated rings. The largest absolute Gasteiger partial charge is 0.455 e. The Balaban J connectivity index is 1.02. The Labute approximate surface area is 381 Å². The van der Waals surface area contributed by atoms with Gasteiger partial charge in [0.05, 0.1) is 27.1 Å². The molecule has 5 heteroatoms. The first-order valence-electron chi connectivity index (χ1n) is 22.0. The number of thiophene rings is 2. The van der Waals surface area contributed by atoms with Crippen molar-refractivity contribution in [2.24, 2.45) is 0 Å². The first-order chi connectivity index (χ1) is 32.2. The Kier molecular flexibility index (Phi) is 8.02. The maximum absolute atomic E-state index is 6.61. The zero-order valence-corrected chi connectivity index (χ0v) is 36.5. The van der Waals surface area contributed by atoms with Crippen molar-refractivity contribution in [2.45, 2.75) is 0 Å². The molecule has 0 saturated heterocycles. The van der Waals surface area contributed by atoms with Gasteiger partial charge in [0.15, 0.2) is 0 Å². The highest BCUT2D eigenvalue weighted by Crippen LogP contribution is 2.52. The first-order valence-corrected chi connectivity index (χ1v) is 23.6. The summed E-state index contributed by atoms with van der Waals surface area (Å²) in [6.45, 7) is 0. The van der Waals surface area contributed by atoms with E-state index in [1.165, 1.54) is 73.3 Å². The van der Waals surface area contributed by atoms with E-state index in [9.17, 15) is 0 Å². The van der Waals surface area contributed by atoms with Gasteiger partial charge >= 0.3 is 0 Å². The Morgan fingerprint density at radius 3 is 1.80 bits per heavy atom. The summed E-state index contributed by atoms with van der Waals surface area (Å²) in [5.74, 6) is 0. The number of hydrogen-bond donors (Lipinski definition) is 0. The molecule has 0 atom stereocenters. The van der Waals surface area contributed by atoms with Crippen LogP contribution in [-0.4, -0.2) is 4.57 Å². The SMILES string of the molecule is c1cc(-c2cccc3c2oc2ccccc23)cc(N(c2cccc3c2sc2ccccc23)c2ccc(-c3cccc(-n4c5ccccc5c5ccccc54)c3)c3sc4ccccc4c23)c1. The molecule has 0 saturated carbocycles. The highest BCUT2D eigenvalue weighted by molar-refractivity contribution is 7.27. The molecule has 14 rings (SSSR count). The van der Waals surface area contributed by atoms with Gasteiger partial charge in [0, 0.05) is 74.1 Å². The van der Waals surface area contributed by atoms with Crippen molar-refractivity contribution in [1.29, 1.82) is 0 Å². The zero-order valence-electron chi connectivity index (χ0n) is 34.9. The number of rotatable bonds is 6. The number of para-hydroxylation sites is 4. The molecule has 65 heavy (non-hydrogen) atoms. The van der Waals surface area contributed by atoms with Gasteiger partial charge in [0.25, 0.3) is 0 Å². The van der Waals surface area contributed by atoms with Crippen LogP contribution in [0, 0.1) is 0 Å². The quantitative estimate of drug-likeness (QED) is 0.166. The third kappa shape index (κ3) is 5.53. The zero-order chi connectivity index (χ0) is 42.6. The van der Waals surface area contributed by atoms with Crippen LogP contribution in [0.3, 0.4) is 0 Å². The van der Waals surface area contributed by atoms with Gasteiger partial charge in [0.1, 0.15) is 11.2 Å². The van der Waals surface area contributed by atoms with E-state index < -0.39 is 0 Å². The molecule has 4 heterocycles. The molecule has 0 bridgehead atoms. The smallest absolute Gasteiger partial charge is 0.143 e. The number of furan rings is 1. The average molecular weight is 865 g/mol. The lowest BCUT2D eigenvalue weighted by Crippen LogP contribution is -2.10. The molecular weight excluding hydrogens is 829 g/mol. The minimum Gasteiger partial charge on any atom is -0.455 e. The molecule has 14 aromatic rings. The Morgan fingerprint density at radius 2 is 0.985 bits per heavy atom. The molecule has 0 aliphatic carbocycles. The van der Waals surface area contributed by atoms with E-state index in [4.69, 9.17) is 4.42 Å². The van der Waals surface area contributed by atoms with E-state index >= 15 is 0 Å². The number of anilines is 3. The van der Waals surface area contributed by atoms with Gasteiger partial charge in [-0.1, -0.05) is 152 Å². The minimum absolute atomic E-state index is 0.900. The number of hydrogen-bond acceptors (Lipinski definition) is 4. The summed E-state index contributed by atoms with van der Waals surface area (Å²) in [5, 5.41) is 9.82. The van der Waals surface area contributed by atoms with Crippen LogP contribution in [0.25, 0.3) is 112 Å². The predicted octanol–water partition coefficient (Wildman–Crippen LogP) is 18.2. The van der Waals surface area contributed by atoms with Gasteiger partial charge in [-0.15, -0.1) is 22.7 Å². The van der Waals surface area contributed by atoms with Crippen LogP contribution in [0.15, 0.2) is 223 Å². The fourth-order valence-electron chi connectivity index (χ4n) is 10.3. The fourth-order valence-corrected chi connectivity index (χ4v) is 12.8. The van der Waals surface area contributed by atoms with E-state index in [0.29, 0.717) is 0 Å². The second-order valence-electron chi connectivity index (χ2n) is 16.8. The van der Waals surface area contributed by atoms with E-state index in [0.717, 1.165) is 55.8 Å². The maximum Gasteiger partial charge on any atom is 0.143 e. The molecular formula is C60H36N2OS2. The molecule has 10 aromatic carbocycles. The summed E-state index contributed by atoms with van der Waals surface area (Å²) in [6.07, 6.45) is 0. The monoisotopic (exact) mass is 864 g/mol. The van der Waals surface area contributed by atoms with Crippen LogP contribution < -0.4 is 4.90 Å². The van der Waals surface area contributed by atoms with Crippen molar-refractivity contribution < 1.29 is 4.42 Å². The molecule has 0 amide bonds. The van der Waals surface area contributed by atoms with Crippen LogP contribution in [0.5, 0.6) is 0 Å². The number of nitrogens with zero attached hydrogens (tertiary/aromatic N) is 2. The predicted molar refractivity (Wildman–Crippen MR) is 279 cm³/mol. The van der Waals surface area contributed by atoms with Gasteiger partial charge in [-0.25, -0.2) is 0 Å². The van der Waals surface area contributed by atoms with Gasteiger partial charge in [-0.05, 0) is 83.4 Å². The third-order valence-corrected chi connectivity index (χ3v) is 15.6. The van der Waals surface area contributed by atoms with E-state index in [-0.39, 0.29) is 0 Å². The molecule has 304 valence electrons. The molecule has 0 aliphatic rings. The maximum atomic E-state index is 6.61. The Hall–Kier alpha value is -7.96. The summed E-state index contributed by atoms with van der Waals surface area (Å²) in [7, 11) is 0. The highest BCUT2D eigenvalue weighted by Gasteiger charge is 2.25.